The molecule has 15 heteroatoms. The largest absolute Gasteiger partial charge is 0.374 e. The van der Waals surface area contributed by atoms with Crippen molar-refractivity contribution in [3.63, 3.8) is 0 Å². The van der Waals surface area contributed by atoms with Crippen molar-refractivity contribution in [2.45, 2.75) is 24.4 Å². The Morgan fingerprint density at radius 1 is 0.684 bits per heavy atom. The minimum absolute atomic E-state index is 0.363. The number of rotatable bonds is 9. The zero-order valence-electron chi connectivity index (χ0n) is 31.0. The molecule has 0 spiro atoms. The van der Waals surface area contributed by atoms with Gasteiger partial charge in [0.15, 0.2) is 5.60 Å². The highest BCUT2D eigenvalue weighted by atomic mass is 35.5. The van der Waals surface area contributed by atoms with Crippen molar-refractivity contribution in [2.24, 2.45) is 0 Å². The van der Waals surface area contributed by atoms with Gasteiger partial charge in [-0.3, -0.25) is 19.4 Å². The van der Waals surface area contributed by atoms with E-state index < -0.39 is 23.3 Å². The first kappa shape index (κ1) is 37.0. The Kier molecular flexibility index (Phi) is 9.60. The number of hydrogen-bond donors (Lipinski definition) is 3. The molecule has 57 heavy (non-hydrogen) atoms. The molecule has 2 atom stereocenters. The third kappa shape index (κ3) is 6.53. The van der Waals surface area contributed by atoms with Gasteiger partial charge < -0.3 is 25.5 Å². The lowest BCUT2D eigenvalue weighted by molar-refractivity contribution is -0.141. The van der Waals surface area contributed by atoms with Gasteiger partial charge in [-0.05, 0) is 95.1 Å². The average molecular weight is 840 g/mol. The molecular weight excluding hydrogens is 800 g/mol. The van der Waals surface area contributed by atoms with Gasteiger partial charge >= 0.3 is 0 Å². The lowest BCUT2D eigenvalue weighted by Gasteiger charge is -2.35. The molecule has 6 heterocycles. The average Bonchev–Trinajstić information content (AvgIpc) is 3.99. The molecule has 4 aliphatic heterocycles. The van der Waals surface area contributed by atoms with Crippen LogP contribution in [0.4, 0.5) is 23.0 Å². The van der Waals surface area contributed by atoms with Crippen LogP contribution >= 0.6 is 46.3 Å². The Hall–Kier alpha value is -4.34. The molecule has 0 aliphatic carbocycles. The zero-order chi connectivity index (χ0) is 38.8. The maximum Gasteiger partial charge on any atom is 0.262 e. The molecule has 2 unspecified atom stereocenters. The number of halogens is 2. The lowest BCUT2D eigenvalue weighted by atomic mass is 9.77. The summed E-state index contributed by atoms with van der Waals surface area (Å²) in [6.07, 6.45) is 1.28. The number of hydrogen-bond acceptors (Lipinski definition) is 11. The summed E-state index contributed by atoms with van der Waals surface area (Å²) >= 11 is 16.7. The molecule has 3 N–H and O–H groups in total. The van der Waals surface area contributed by atoms with Crippen LogP contribution in [0.3, 0.4) is 0 Å². The molecule has 10 rings (SSSR count). The molecule has 292 valence electrons. The normalized spacial score (nSPS) is 21.4. The number of aliphatic hydroxyl groups is 1. The van der Waals surface area contributed by atoms with Crippen LogP contribution < -0.4 is 20.4 Å². The fraction of sp³-hybridized carbons (Fsp3) is 0.333. The van der Waals surface area contributed by atoms with Crippen molar-refractivity contribution in [1.29, 1.82) is 0 Å². The van der Waals surface area contributed by atoms with E-state index in [2.05, 4.69) is 66.6 Å². The van der Waals surface area contributed by atoms with E-state index in [1.54, 1.807) is 12.1 Å². The van der Waals surface area contributed by atoms with E-state index in [9.17, 15) is 14.7 Å². The van der Waals surface area contributed by atoms with E-state index in [4.69, 9.17) is 31.9 Å². The molecule has 0 saturated carbocycles. The number of aromatic nitrogens is 2. The van der Waals surface area contributed by atoms with Gasteiger partial charge in [0.05, 0.1) is 9.40 Å². The van der Waals surface area contributed by atoms with Gasteiger partial charge in [-0.2, -0.15) is 8.75 Å². The maximum absolute atomic E-state index is 13.8. The van der Waals surface area contributed by atoms with Gasteiger partial charge in [-0.1, -0.05) is 53.5 Å². The fourth-order valence-corrected chi connectivity index (χ4v) is 11.0. The highest BCUT2D eigenvalue weighted by Gasteiger charge is 2.57. The van der Waals surface area contributed by atoms with Crippen LogP contribution in [0, 0.1) is 0 Å². The van der Waals surface area contributed by atoms with Crippen molar-refractivity contribution >= 4 is 101 Å². The smallest absolute Gasteiger partial charge is 0.262 e. The van der Waals surface area contributed by atoms with E-state index in [1.807, 2.05) is 24.3 Å². The second-order valence-corrected chi connectivity index (χ2v) is 17.7. The number of benzene rings is 4. The van der Waals surface area contributed by atoms with Crippen molar-refractivity contribution in [2.75, 3.05) is 85.9 Å². The van der Waals surface area contributed by atoms with Crippen molar-refractivity contribution in [1.82, 2.24) is 18.5 Å². The van der Waals surface area contributed by atoms with Crippen molar-refractivity contribution in [3.8, 4) is 0 Å². The summed E-state index contributed by atoms with van der Waals surface area (Å²) in [7, 11) is 0. The molecule has 6 aromatic rings. The first-order valence-corrected chi connectivity index (χ1v) is 21.7. The highest BCUT2D eigenvalue weighted by Crippen LogP contribution is 2.52. The van der Waals surface area contributed by atoms with E-state index >= 15 is 0 Å². The predicted molar refractivity (Wildman–Crippen MR) is 231 cm³/mol. The summed E-state index contributed by atoms with van der Waals surface area (Å²) in [6, 6.07) is 23.9. The van der Waals surface area contributed by atoms with Gasteiger partial charge in [0, 0.05) is 103 Å². The third-order valence-electron chi connectivity index (χ3n) is 12.1. The Balaban J connectivity index is 0.822. The Bertz CT molecular complexity index is 2550. The number of carbonyl (C=O) groups is 2. The van der Waals surface area contributed by atoms with Gasteiger partial charge in [-0.25, -0.2) is 0 Å². The van der Waals surface area contributed by atoms with Crippen LogP contribution in [0.15, 0.2) is 72.8 Å². The van der Waals surface area contributed by atoms with Crippen LogP contribution in [0.1, 0.15) is 28.2 Å². The van der Waals surface area contributed by atoms with Gasteiger partial charge in [0.2, 0.25) is 5.91 Å². The Morgan fingerprint density at radius 3 is 1.75 bits per heavy atom. The van der Waals surface area contributed by atoms with Gasteiger partial charge in [-0.15, -0.1) is 0 Å². The van der Waals surface area contributed by atoms with Crippen LogP contribution in [0.25, 0.3) is 20.2 Å². The molecule has 11 nitrogen and oxygen atoms in total. The zero-order valence-corrected chi connectivity index (χ0v) is 34.2. The summed E-state index contributed by atoms with van der Waals surface area (Å²) < 4.78 is 11.9. The third-order valence-corrected chi connectivity index (χ3v) is 14.5. The summed E-state index contributed by atoms with van der Waals surface area (Å²) in [5.41, 5.74) is 1.41. The van der Waals surface area contributed by atoms with Gasteiger partial charge in [0.25, 0.3) is 5.91 Å². The number of amides is 2. The second kappa shape index (κ2) is 14.8. The lowest BCUT2D eigenvalue weighted by Crippen LogP contribution is -2.47. The van der Waals surface area contributed by atoms with E-state index in [1.165, 1.54) is 43.2 Å². The Morgan fingerprint density at radius 2 is 1.19 bits per heavy atom. The summed E-state index contributed by atoms with van der Waals surface area (Å²) in [5, 5.41) is 21.6. The summed E-state index contributed by atoms with van der Waals surface area (Å²) in [6.45, 7) is 8.56. The number of fused-ring (bicyclic) bond motifs is 4. The fourth-order valence-electron chi connectivity index (χ4n) is 8.92. The summed E-state index contributed by atoms with van der Waals surface area (Å²) in [4.78, 5) is 37.0. The van der Waals surface area contributed by atoms with E-state index in [-0.39, 0.29) is 0 Å². The SMILES string of the molecule is O=C1Nc2cc(Cl)c(CCN3CCN(c4nsc5ccccc45)CC3)cc2C1C1(O)C(=O)Nc2cc(Cl)c(CCN3CCN(c4nsc5ccccc45)CC3)cc21. The Labute approximate surface area is 348 Å². The minimum Gasteiger partial charge on any atom is -0.374 e. The topological polar surface area (TPSA) is 117 Å². The van der Waals surface area contributed by atoms with Crippen LogP contribution in [-0.2, 0) is 28.0 Å². The van der Waals surface area contributed by atoms with Gasteiger partial charge in [0.1, 0.15) is 17.6 Å². The van der Waals surface area contributed by atoms with E-state index in [0.717, 1.165) is 88.2 Å². The van der Waals surface area contributed by atoms with E-state index in [0.29, 0.717) is 45.4 Å². The van der Waals surface area contributed by atoms with Crippen molar-refractivity contribution in [3.05, 3.63) is 105 Å². The monoisotopic (exact) mass is 838 g/mol. The first-order chi connectivity index (χ1) is 27.7. The standard InChI is InChI=1S/C42H40Cl2N8O3S2/c43-31-23-33-29(21-25(31)9-11-49-13-17-51(18-14-49)38-27-5-1-3-7-35(27)56-47-38)37(40(53)45-33)42(55)30-22-26(32(44)24-34(30)46-41(42)54)10-12-50-15-19-52(20-16-50)39-28-6-2-4-8-36(28)57-48-39/h1-8,21-24,37,55H,9-20H2,(H,45,53)(H,46,54). The maximum atomic E-state index is 13.8. The number of piperazine rings is 2. The molecule has 2 fully saturated rings. The first-order valence-electron chi connectivity index (χ1n) is 19.4. The molecule has 2 aromatic heterocycles. The number of nitrogens with one attached hydrogen (secondary N) is 2. The quantitative estimate of drug-likeness (QED) is 0.144. The van der Waals surface area contributed by atoms with Crippen LogP contribution in [0.5, 0.6) is 0 Å². The van der Waals surface area contributed by atoms with Crippen LogP contribution in [-0.4, -0.2) is 101 Å². The number of anilines is 4. The minimum atomic E-state index is -2.13. The molecule has 0 radical (unpaired) electrons. The predicted octanol–water partition coefficient (Wildman–Crippen LogP) is 6.82. The molecular formula is C42H40Cl2N8O3S2. The number of carbonyl (C=O) groups excluding carboxylic acids is 2. The number of nitrogens with zero attached hydrogens (tertiary/aromatic N) is 6. The molecule has 2 amide bonds. The molecule has 2 saturated heterocycles. The highest BCUT2D eigenvalue weighted by molar-refractivity contribution is 7.14. The molecule has 4 aliphatic rings. The summed E-state index contributed by atoms with van der Waals surface area (Å²) in [5.74, 6) is -0.149. The molecule has 0 bridgehead atoms. The second-order valence-electron chi connectivity index (χ2n) is 15.3. The molecule has 4 aromatic carbocycles. The van der Waals surface area contributed by atoms with Crippen LogP contribution in [0.2, 0.25) is 10.0 Å². The van der Waals surface area contributed by atoms with Crippen molar-refractivity contribution < 1.29 is 14.7 Å².